The van der Waals surface area contributed by atoms with Crippen LogP contribution < -0.4 is 5.32 Å². The molecule has 0 aromatic heterocycles. The van der Waals surface area contributed by atoms with Crippen LogP contribution in [0, 0.1) is 0 Å². The van der Waals surface area contributed by atoms with E-state index in [0.717, 1.165) is 24.0 Å². The SMILES string of the molecule is Cl.Oc1ccc2c(c1Br)CCNC2. The zero-order chi connectivity index (χ0) is 8.55. The monoisotopic (exact) mass is 263 g/mol. The third-order valence-electron chi connectivity index (χ3n) is 2.19. The lowest BCUT2D eigenvalue weighted by molar-refractivity contribution is 0.469. The van der Waals surface area contributed by atoms with Crippen LogP contribution in [0.2, 0.25) is 0 Å². The number of aromatic hydroxyl groups is 1. The molecule has 2 N–H and O–H groups in total. The molecule has 0 radical (unpaired) electrons. The number of nitrogens with one attached hydrogen (secondary N) is 1. The first-order chi connectivity index (χ1) is 5.79. The zero-order valence-electron chi connectivity index (χ0n) is 7.01. The minimum Gasteiger partial charge on any atom is -0.507 e. The third-order valence-corrected chi connectivity index (χ3v) is 3.07. The summed E-state index contributed by atoms with van der Waals surface area (Å²) < 4.78 is 0.862. The molecule has 0 saturated heterocycles. The maximum Gasteiger partial charge on any atom is 0.130 e. The number of hydrogen-bond acceptors (Lipinski definition) is 2. The molecule has 1 aromatic carbocycles. The molecule has 0 unspecified atom stereocenters. The molecule has 13 heavy (non-hydrogen) atoms. The van der Waals surface area contributed by atoms with Crippen molar-refractivity contribution in [2.75, 3.05) is 6.54 Å². The molecule has 0 atom stereocenters. The molecule has 2 nitrogen and oxygen atoms in total. The van der Waals surface area contributed by atoms with Crippen molar-refractivity contribution >= 4 is 28.3 Å². The van der Waals surface area contributed by atoms with Crippen LogP contribution in [0.25, 0.3) is 0 Å². The Kier molecular flexibility index (Phi) is 3.59. The van der Waals surface area contributed by atoms with Crippen molar-refractivity contribution in [1.82, 2.24) is 5.32 Å². The Morgan fingerprint density at radius 1 is 1.38 bits per heavy atom. The van der Waals surface area contributed by atoms with Crippen molar-refractivity contribution in [1.29, 1.82) is 0 Å². The molecular weight excluding hydrogens is 253 g/mol. The van der Waals surface area contributed by atoms with Crippen LogP contribution in [0.1, 0.15) is 11.1 Å². The Morgan fingerprint density at radius 2 is 2.15 bits per heavy atom. The standard InChI is InChI=1S/C9H10BrNO.ClH/c10-9-7-3-4-11-5-6(7)1-2-8(9)12;/h1-2,11-12H,3-5H2;1H. The highest BCUT2D eigenvalue weighted by molar-refractivity contribution is 9.10. The number of rotatable bonds is 0. The Bertz CT molecular complexity index is 317. The smallest absolute Gasteiger partial charge is 0.130 e. The van der Waals surface area contributed by atoms with Gasteiger partial charge in [0.2, 0.25) is 0 Å². The molecule has 72 valence electrons. The molecule has 0 amide bonds. The number of phenolic OH excluding ortho intramolecular Hbond substituents is 1. The van der Waals surface area contributed by atoms with E-state index in [4.69, 9.17) is 0 Å². The molecule has 4 heteroatoms. The molecule has 1 aliphatic rings. The molecule has 1 aliphatic heterocycles. The molecule has 1 aromatic rings. The van der Waals surface area contributed by atoms with Gasteiger partial charge in [0.15, 0.2) is 0 Å². The minimum atomic E-state index is 0. The van der Waals surface area contributed by atoms with E-state index in [0.29, 0.717) is 5.75 Å². The Labute approximate surface area is 91.9 Å². The second kappa shape index (κ2) is 4.31. The number of hydrogen-bond donors (Lipinski definition) is 2. The number of phenols is 1. The summed E-state index contributed by atoms with van der Waals surface area (Å²) in [5.41, 5.74) is 2.53. The fourth-order valence-electron chi connectivity index (χ4n) is 1.52. The first kappa shape index (κ1) is 10.8. The molecule has 0 spiro atoms. The van der Waals surface area contributed by atoms with E-state index in [1.54, 1.807) is 6.07 Å². The van der Waals surface area contributed by atoms with E-state index in [1.807, 2.05) is 6.07 Å². The minimum absolute atomic E-state index is 0. The second-order valence-electron chi connectivity index (χ2n) is 2.96. The Morgan fingerprint density at radius 3 is 2.92 bits per heavy atom. The van der Waals surface area contributed by atoms with Gasteiger partial charge in [0.05, 0.1) is 4.47 Å². The summed E-state index contributed by atoms with van der Waals surface area (Å²) in [6, 6.07) is 3.71. The summed E-state index contributed by atoms with van der Waals surface area (Å²) in [5, 5.41) is 12.7. The maximum absolute atomic E-state index is 9.41. The van der Waals surface area contributed by atoms with Gasteiger partial charge in [-0.15, -0.1) is 12.4 Å². The van der Waals surface area contributed by atoms with Crippen molar-refractivity contribution in [2.45, 2.75) is 13.0 Å². The van der Waals surface area contributed by atoms with E-state index in [2.05, 4.69) is 21.2 Å². The van der Waals surface area contributed by atoms with Gasteiger partial charge in [-0.05, 0) is 46.1 Å². The lowest BCUT2D eigenvalue weighted by Gasteiger charge is -2.18. The summed E-state index contributed by atoms with van der Waals surface area (Å²) >= 11 is 3.39. The van der Waals surface area contributed by atoms with Crippen LogP contribution in [0.5, 0.6) is 5.75 Å². The first-order valence-electron chi connectivity index (χ1n) is 3.99. The lowest BCUT2D eigenvalue weighted by Crippen LogP contribution is -2.23. The van der Waals surface area contributed by atoms with Crippen LogP contribution in [0.15, 0.2) is 16.6 Å². The average molecular weight is 265 g/mol. The summed E-state index contributed by atoms with van der Waals surface area (Å²) in [7, 11) is 0. The second-order valence-corrected chi connectivity index (χ2v) is 3.76. The fourth-order valence-corrected chi connectivity index (χ4v) is 2.11. The third kappa shape index (κ3) is 1.98. The lowest BCUT2D eigenvalue weighted by atomic mass is 10.0. The highest BCUT2D eigenvalue weighted by atomic mass is 79.9. The van der Waals surface area contributed by atoms with Crippen molar-refractivity contribution in [2.24, 2.45) is 0 Å². The van der Waals surface area contributed by atoms with Crippen molar-refractivity contribution in [3.05, 3.63) is 27.7 Å². The normalized spacial score (nSPS) is 14.5. The summed E-state index contributed by atoms with van der Waals surface area (Å²) in [5.74, 6) is 0.343. The van der Waals surface area contributed by atoms with E-state index in [1.165, 1.54) is 11.1 Å². The van der Waals surface area contributed by atoms with Gasteiger partial charge >= 0.3 is 0 Å². The highest BCUT2D eigenvalue weighted by Gasteiger charge is 2.13. The van der Waals surface area contributed by atoms with Gasteiger partial charge in [-0.1, -0.05) is 6.07 Å². The molecular formula is C9H11BrClNO. The van der Waals surface area contributed by atoms with Gasteiger partial charge in [0, 0.05) is 6.54 Å². The first-order valence-corrected chi connectivity index (χ1v) is 4.78. The molecule has 0 saturated carbocycles. The fraction of sp³-hybridized carbons (Fsp3) is 0.333. The van der Waals surface area contributed by atoms with Gasteiger partial charge in [0.25, 0.3) is 0 Å². The van der Waals surface area contributed by atoms with E-state index >= 15 is 0 Å². The Hall–Kier alpha value is -0.250. The van der Waals surface area contributed by atoms with Crippen molar-refractivity contribution < 1.29 is 5.11 Å². The predicted octanol–water partition coefficient (Wildman–Crippen LogP) is 2.22. The van der Waals surface area contributed by atoms with E-state index < -0.39 is 0 Å². The zero-order valence-corrected chi connectivity index (χ0v) is 9.41. The molecule has 0 bridgehead atoms. The van der Waals surface area contributed by atoms with Gasteiger partial charge < -0.3 is 10.4 Å². The van der Waals surface area contributed by atoms with Crippen molar-refractivity contribution in [3.8, 4) is 5.75 Å². The van der Waals surface area contributed by atoms with Crippen LogP contribution in [-0.4, -0.2) is 11.7 Å². The van der Waals surface area contributed by atoms with Crippen LogP contribution in [0.3, 0.4) is 0 Å². The Balaban J connectivity index is 0.000000845. The van der Waals surface area contributed by atoms with Gasteiger partial charge in [0.1, 0.15) is 5.75 Å². The van der Waals surface area contributed by atoms with Crippen LogP contribution in [0.4, 0.5) is 0 Å². The maximum atomic E-state index is 9.41. The summed E-state index contributed by atoms with van der Waals surface area (Å²) in [4.78, 5) is 0. The van der Waals surface area contributed by atoms with Gasteiger partial charge in [-0.2, -0.15) is 0 Å². The topological polar surface area (TPSA) is 32.3 Å². The van der Waals surface area contributed by atoms with Crippen LogP contribution in [-0.2, 0) is 13.0 Å². The van der Waals surface area contributed by atoms with Gasteiger partial charge in [-0.25, -0.2) is 0 Å². The van der Waals surface area contributed by atoms with Gasteiger partial charge in [-0.3, -0.25) is 0 Å². The quantitative estimate of drug-likeness (QED) is 0.753. The number of fused-ring (bicyclic) bond motifs is 1. The molecule has 1 heterocycles. The molecule has 0 fully saturated rings. The van der Waals surface area contributed by atoms with Crippen LogP contribution >= 0.6 is 28.3 Å². The highest BCUT2D eigenvalue weighted by Crippen LogP contribution is 2.31. The van der Waals surface area contributed by atoms with E-state index in [9.17, 15) is 5.11 Å². The van der Waals surface area contributed by atoms with Crippen molar-refractivity contribution in [3.63, 3.8) is 0 Å². The van der Waals surface area contributed by atoms with E-state index in [-0.39, 0.29) is 12.4 Å². The molecule has 2 rings (SSSR count). The largest absolute Gasteiger partial charge is 0.507 e. The summed E-state index contributed by atoms with van der Waals surface area (Å²) in [6.45, 7) is 1.91. The molecule has 0 aliphatic carbocycles. The number of benzene rings is 1. The average Bonchev–Trinajstić information content (AvgIpc) is 2.12. The number of halogens is 2. The summed E-state index contributed by atoms with van der Waals surface area (Å²) in [6.07, 6.45) is 0.990. The predicted molar refractivity (Wildman–Crippen MR) is 58.5 cm³/mol.